The third kappa shape index (κ3) is 4.15. The van der Waals surface area contributed by atoms with Crippen LogP contribution >= 0.6 is 0 Å². The normalized spacial score (nSPS) is 25.1. The summed E-state index contributed by atoms with van der Waals surface area (Å²) < 4.78 is 11.5. The number of fused-ring (bicyclic) bond motifs is 1. The van der Waals surface area contributed by atoms with Gasteiger partial charge in [-0.05, 0) is 60.8 Å². The zero-order valence-electron chi connectivity index (χ0n) is 18.6. The highest BCUT2D eigenvalue weighted by Crippen LogP contribution is 2.66. The van der Waals surface area contributed by atoms with Gasteiger partial charge >= 0.3 is 0 Å². The second-order valence-electron chi connectivity index (χ2n) is 8.80. The maximum absolute atomic E-state index is 9.35. The van der Waals surface area contributed by atoms with Crippen LogP contribution in [-0.2, 0) is 9.47 Å². The molecule has 3 heteroatoms. The predicted molar refractivity (Wildman–Crippen MR) is 126 cm³/mol. The SMILES string of the molecule is C=C(c1ccccc1)C12CCC(OCOC)C1CC(CCCCO)=C2c1ccccc1. The lowest BCUT2D eigenvalue weighted by atomic mass is 9.66. The molecule has 0 aromatic heterocycles. The van der Waals surface area contributed by atoms with E-state index in [9.17, 15) is 5.11 Å². The summed E-state index contributed by atoms with van der Waals surface area (Å²) >= 11 is 0. The minimum absolute atomic E-state index is 0.129. The van der Waals surface area contributed by atoms with E-state index in [0.717, 1.165) is 38.5 Å². The van der Waals surface area contributed by atoms with Crippen LogP contribution in [0.3, 0.4) is 0 Å². The van der Waals surface area contributed by atoms with Crippen LogP contribution in [0.25, 0.3) is 11.1 Å². The summed E-state index contributed by atoms with van der Waals surface area (Å²) in [5.41, 5.74) is 6.55. The molecule has 0 heterocycles. The Hall–Kier alpha value is -2.20. The number of allylic oxidation sites excluding steroid dienone is 3. The molecule has 0 radical (unpaired) electrons. The molecular weight excluding hydrogens is 384 g/mol. The van der Waals surface area contributed by atoms with Gasteiger partial charge < -0.3 is 14.6 Å². The summed E-state index contributed by atoms with van der Waals surface area (Å²) in [7, 11) is 1.69. The molecule has 0 aliphatic heterocycles. The molecular formula is C28H34O3. The van der Waals surface area contributed by atoms with Gasteiger partial charge in [-0.2, -0.15) is 0 Å². The van der Waals surface area contributed by atoms with Crippen molar-refractivity contribution in [1.82, 2.24) is 0 Å². The molecule has 3 unspecified atom stereocenters. The molecule has 0 spiro atoms. The lowest BCUT2D eigenvalue weighted by Crippen LogP contribution is -2.30. The Bertz CT molecular complexity index is 902. The van der Waals surface area contributed by atoms with Crippen LogP contribution in [0.15, 0.2) is 72.8 Å². The zero-order valence-corrected chi connectivity index (χ0v) is 18.6. The first-order valence-corrected chi connectivity index (χ1v) is 11.5. The van der Waals surface area contributed by atoms with Crippen molar-refractivity contribution in [1.29, 1.82) is 0 Å². The lowest BCUT2D eigenvalue weighted by Gasteiger charge is -2.37. The van der Waals surface area contributed by atoms with E-state index in [2.05, 4.69) is 60.7 Å². The number of unbranched alkanes of at least 4 members (excludes halogenated alkanes) is 1. The van der Waals surface area contributed by atoms with Gasteiger partial charge in [0, 0.05) is 25.0 Å². The van der Waals surface area contributed by atoms with Crippen LogP contribution in [0.5, 0.6) is 0 Å². The molecule has 3 atom stereocenters. The van der Waals surface area contributed by atoms with Gasteiger partial charge in [0.05, 0.1) is 6.10 Å². The molecule has 2 aromatic carbocycles. The van der Waals surface area contributed by atoms with Gasteiger partial charge in [0.25, 0.3) is 0 Å². The Labute approximate surface area is 186 Å². The van der Waals surface area contributed by atoms with Crippen LogP contribution in [0.1, 0.15) is 49.7 Å². The molecule has 1 fully saturated rings. The monoisotopic (exact) mass is 418 g/mol. The molecule has 2 aromatic rings. The van der Waals surface area contributed by atoms with Crippen molar-refractivity contribution in [2.75, 3.05) is 20.5 Å². The maximum atomic E-state index is 9.35. The molecule has 31 heavy (non-hydrogen) atoms. The van der Waals surface area contributed by atoms with Crippen molar-refractivity contribution >= 4 is 11.1 Å². The van der Waals surface area contributed by atoms with Crippen LogP contribution in [0.4, 0.5) is 0 Å². The smallest absolute Gasteiger partial charge is 0.146 e. The van der Waals surface area contributed by atoms with Gasteiger partial charge in [-0.3, -0.25) is 0 Å². The number of methoxy groups -OCH3 is 1. The Morgan fingerprint density at radius 1 is 1.06 bits per heavy atom. The van der Waals surface area contributed by atoms with Crippen molar-refractivity contribution in [3.63, 3.8) is 0 Å². The topological polar surface area (TPSA) is 38.7 Å². The number of ether oxygens (including phenoxy) is 2. The quantitative estimate of drug-likeness (QED) is 0.374. The fourth-order valence-corrected chi connectivity index (χ4v) is 5.89. The number of rotatable bonds is 10. The van der Waals surface area contributed by atoms with Gasteiger partial charge in [0.15, 0.2) is 0 Å². The summed E-state index contributed by atoms with van der Waals surface area (Å²) in [5, 5.41) is 9.35. The molecule has 2 aliphatic carbocycles. The average molecular weight is 419 g/mol. The molecule has 3 nitrogen and oxygen atoms in total. The third-order valence-electron chi connectivity index (χ3n) is 7.18. The Morgan fingerprint density at radius 2 is 1.77 bits per heavy atom. The fraction of sp³-hybridized carbons (Fsp3) is 0.429. The van der Waals surface area contributed by atoms with E-state index in [0.29, 0.717) is 12.7 Å². The van der Waals surface area contributed by atoms with E-state index >= 15 is 0 Å². The minimum atomic E-state index is -0.129. The number of hydrogen-bond donors (Lipinski definition) is 1. The number of benzene rings is 2. The second kappa shape index (κ2) is 9.95. The van der Waals surface area contributed by atoms with Gasteiger partial charge in [0.2, 0.25) is 0 Å². The summed E-state index contributed by atoms with van der Waals surface area (Å²) in [4.78, 5) is 0. The van der Waals surface area contributed by atoms with Gasteiger partial charge in [-0.25, -0.2) is 0 Å². The predicted octanol–water partition coefficient (Wildman–Crippen LogP) is 6.11. The van der Waals surface area contributed by atoms with E-state index in [-0.39, 0.29) is 18.1 Å². The van der Waals surface area contributed by atoms with Crippen molar-refractivity contribution in [2.24, 2.45) is 11.3 Å². The first-order chi connectivity index (χ1) is 15.2. The van der Waals surface area contributed by atoms with E-state index in [1.807, 2.05) is 0 Å². The summed E-state index contributed by atoms with van der Waals surface area (Å²) in [6, 6.07) is 21.5. The largest absolute Gasteiger partial charge is 0.396 e. The van der Waals surface area contributed by atoms with Crippen molar-refractivity contribution < 1.29 is 14.6 Å². The third-order valence-corrected chi connectivity index (χ3v) is 7.18. The Kier molecular flexibility index (Phi) is 7.06. The highest BCUT2D eigenvalue weighted by Gasteiger charge is 2.57. The Morgan fingerprint density at radius 3 is 2.45 bits per heavy atom. The molecule has 1 saturated carbocycles. The molecule has 2 aliphatic rings. The first kappa shape index (κ1) is 22.0. The highest BCUT2D eigenvalue weighted by molar-refractivity contribution is 5.90. The van der Waals surface area contributed by atoms with Gasteiger partial charge in [-0.15, -0.1) is 0 Å². The fourth-order valence-electron chi connectivity index (χ4n) is 5.89. The number of aliphatic hydroxyl groups is 1. The van der Waals surface area contributed by atoms with E-state index < -0.39 is 0 Å². The molecule has 164 valence electrons. The average Bonchev–Trinajstić information content (AvgIpc) is 3.33. The van der Waals surface area contributed by atoms with E-state index in [1.54, 1.807) is 7.11 Å². The van der Waals surface area contributed by atoms with Crippen molar-refractivity contribution in [2.45, 2.75) is 44.6 Å². The summed E-state index contributed by atoms with van der Waals surface area (Å²) in [5.74, 6) is 0.356. The van der Waals surface area contributed by atoms with Gasteiger partial charge in [0.1, 0.15) is 6.79 Å². The molecule has 0 amide bonds. The van der Waals surface area contributed by atoms with Crippen molar-refractivity contribution in [3.05, 3.63) is 83.9 Å². The van der Waals surface area contributed by atoms with Crippen LogP contribution < -0.4 is 0 Å². The zero-order chi connectivity index (χ0) is 21.7. The van der Waals surface area contributed by atoms with Crippen molar-refractivity contribution in [3.8, 4) is 0 Å². The molecule has 1 N–H and O–H groups in total. The lowest BCUT2D eigenvalue weighted by molar-refractivity contribution is -0.0858. The standard InChI is InChI=1S/C28H34O3/c1-21(22-11-5-3-6-12-22)28-17-16-26(31-20-30-2)25(28)19-24(15-9-10-18-29)27(28)23-13-7-4-8-14-23/h3-8,11-14,25-26,29H,1,9-10,15-20H2,2H3. The molecule has 4 rings (SSSR count). The van der Waals surface area contributed by atoms with Crippen LogP contribution in [0.2, 0.25) is 0 Å². The van der Waals surface area contributed by atoms with E-state index in [1.165, 1.54) is 27.8 Å². The first-order valence-electron chi connectivity index (χ1n) is 11.5. The Balaban J connectivity index is 1.82. The minimum Gasteiger partial charge on any atom is -0.396 e. The number of hydrogen-bond acceptors (Lipinski definition) is 3. The van der Waals surface area contributed by atoms with Gasteiger partial charge in [-0.1, -0.05) is 72.8 Å². The number of aliphatic hydroxyl groups excluding tert-OH is 1. The molecule has 0 saturated heterocycles. The second-order valence-corrected chi connectivity index (χ2v) is 8.80. The molecule has 0 bridgehead atoms. The highest BCUT2D eigenvalue weighted by atomic mass is 16.7. The summed E-state index contributed by atoms with van der Waals surface area (Å²) in [6.45, 7) is 5.28. The van der Waals surface area contributed by atoms with E-state index in [4.69, 9.17) is 16.1 Å². The van der Waals surface area contributed by atoms with Crippen LogP contribution in [0, 0.1) is 11.3 Å². The van der Waals surface area contributed by atoms with Crippen LogP contribution in [-0.4, -0.2) is 31.7 Å². The maximum Gasteiger partial charge on any atom is 0.146 e. The summed E-state index contributed by atoms with van der Waals surface area (Å²) in [6.07, 6.45) is 6.10.